The van der Waals surface area contributed by atoms with Crippen LogP contribution >= 0.6 is 0 Å². The van der Waals surface area contributed by atoms with Gasteiger partial charge in [-0.2, -0.15) is 0 Å². The molecule has 1 saturated carbocycles. The summed E-state index contributed by atoms with van der Waals surface area (Å²) in [7, 11) is 0. The van der Waals surface area contributed by atoms with Gasteiger partial charge < -0.3 is 15.1 Å². The topological polar surface area (TPSA) is 69.7 Å². The number of nitrogens with one attached hydrogen (secondary N) is 1. The third kappa shape index (κ3) is 5.87. The zero-order chi connectivity index (χ0) is 29.9. The third-order valence-electron chi connectivity index (χ3n) is 9.56. The number of nitrogens with zero attached hydrogens (tertiary/aromatic N) is 2. The Bertz CT molecular complexity index is 1450. The summed E-state index contributed by atoms with van der Waals surface area (Å²) in [6, 6.07) is 21.8. The van der Waals surface area contributed by atoms with E-state index in [1.807, 2.05) is 66.4 Å². The van der Waals surface area contributed by atoms with Crippen molar-refractivity contribution in [2.75, 3.05) is 26.2 Å². The molecule has 6 rings (SSSR count). The molecule has 43 heavy (non-hydrogen) atoms. The van der Waals surface area contributed by atoms with Gasteiger partial charge in [-0.1, -0.05) is 85.5 Å². The van der Waals surface area contributed by atoms with Crippen LogP contribution in [-0.4, -0.2) is 59.6 Å². The van der Waals surface area contributed by atoms with Crippen LogP contribution < -0.4 is 5.32 Å². The first-order valence-electron chi connectivity index (χ1n) is 15.7. The molecule has 2 aliphatic heterocycles. The van der Waals surface area contributed by atoms with Gasteiger partial charge in [-0.15, -0.1) is 0 Å². The third-order valence-corrected chi connectivity index (χ3v) is 9.56. The van der Waals surface area contributed by atoms with Crippen molar-refractivity contribution in [1.82, 2.24) is 15.1 Å². The first kappa shape index (κ1) is 29.2. The summed E-state index contributed by atoms with van der Waals surface area (Å²) in [5.74, 6) is -2.26. The number of aryl methyl sites for hydroxylation is 1. The standard InChI is InChI=1S/C36H40FN3O3/c1-24-9-8-14-28(23-24)34(41)31-30(25-15-17-29(37)18-16-25)33(36(43)39-21-19-38-20-22-39)40(32(31)26-10-4-2-5-11-26)35(42)27-12-6-3-7-13-27/h2,4-5,8-11,14-18,23,27,30-33,38H,3,6-7,12-13,19-22H2,1H3. The number of piperazine rings is 1. The van der Waals surface area contributed by atoms with E-state index in [-0.39, 0.29) is 29.3 Å². The maximum atomic E-state index is 14.8. The number of likely N-dealkylation sites (tertiary alicyclic amines) is 1. The van der Waals surface area contributed by atoms with E-state index in [1.54, 1.807) is 17.0 Å². The lowest BCUT2D eigenvalue weighted by Crippen LogP contribution is -2.55. The van der Waals surface area contributed by atoms with Crippen LogP contribution in [0.4, 0.5) is 4.39 Å². The molecule has 2 saturated heterocycles. The van der Waals surface area contributed by atoms with Gasteiger partial charge in [0.1, 0.15) is 11.9 Å². The fourth-order valence-corrected chi connectivity index (χ4v) is 7.48. The molecule has 7 heteroatoms. The molecule has 3 aromatic carbocycles. The highest BCUT2D eigenvalue weighted by atomic mass is 19.1. The molecule has 4 atom stereocenters. The van der Waals surface area contributed by atoms with Crippen LogP contribution in [0.5, 0.6) is 0 Å². The minimum Gasteiger partial charge on any atom is -0.338 e. The van der Waals surface area contributed by atoms with E-state index in [4.69, 9.17) is 0 Å². The normalized spacial score (nSPS) is 24.6. The number of carbonyl (C=O) groups excluding carboxylic acids is 3. The maximum Gasteiger partial charge on any atom is 0.246 e. The van der Waals surface area contributed by atoms with Crippen molar-refractivity contribution in [3.05, 3.63) is 107 Å². The van der Waals surface area contributed by atoms with Crippen molar-refractivity contribution in [2.45, 2.75) is 57.0 Å². The number of benzene rings is 3. The van der Waals surface area contributed by atoms with E-state index < -0.39 is 23.9 Å². The van der Waals surface area contributed by atoms with Gasteiger partial charge in [-0.25, -0.2) is 4.39 Å². The number of rotatable bonds is 6. The van der Waals surface area contributed by atoms with Gasteiger partial charge in [0.05, 0.1) is 12.0 Å². The first-order valence-corrected chi connectivity index (χ1v) is 15.7. The van der Waals surface area contributed by atoms with Crippen molar-refractivity contribution in [3.63, 3.8) is 0 Å². The largest absolute Gasteiger partial charge is 0.338 e. The lowest BCUT2D eigenvalue weighted by molar-refractivity contribution is -0.149. The van der Waals surface area contributed by atoms with Gasteiger partial charge in [0.2, 0.25) is 11.8 Å². The first-order chi connectivity index (χ1) is 20.9. The Morgan fingerprint density at radius 1 is 0.791 bits per heavy atom. The summed E-state index contributed by atoms with van der Waals surface area (Å²) in [4.78, 5) is 47.8. The number of Topliss-reactive ketones (excluding diaryl/α,β-unsaturated/α-hetero) is 1. The molecule has 3 fully saturated rings. The van der Waals surface area contributed by atoms with Gasteiger partial charge in [0.25, 0.3) is 0 Å². The summed E-state index contributed by atoms with van der Waals surface area (Å²) in [5.41, 5.74) is 3.04. The zero-order valence-electron chi connectivity index (χ0n) is 24.8. The molecule has 1 aliphatic carbocycles. The molecule has 0 radical (unpaired) electrons. The SMILES string of the molecule is Cc1cccc(C(=O)C2C(c3ccc(F)cc3)C(C(=O)N3CCNCC3)N(C(=O)C3CCCCC3)C2c2ccccc2)c1. The average molecular weight is 582 g/mol. The Balaban J connectivity index is 1.57. The van der Waals surface area contributed by atoms with Crippen LogP contribution in [-0.2, 0) is 9.59 Å². The lowest BCUT2D eigenvalue weighted by Gasteiger charge is -2.38. The molecule has 2 heterocycles. The molecule has 3 aliphatic rings. The Kier molecular flexibility index (Phi) is 8.70. The van der Waals surface area contributed by atoms with Crippen molar-refractivity contribution in [2.24, 2.45) is 11.8 Å². The van der Waals surface area contributed by atoms with E-state index in [2.05, 4.69) is 5.32 Å². The van der Waals surface area contributed by atoms with Crippen LogP contribution in [0.15, 0.2) is 78.9 Å². The van der Waals surface area contributed by atoms with Crippen LogP contribution in [0, 0.1) is 24.6 Å². The highest BCUT2D eigenvalue weighted by Crippen LogP contribution is 2.52. The number of ketones is 1. The summed E-state index contributed by atoms with van der Waals surface area (Å²) in [5, 5.41) is 3.31. The molecule has 0 aromatic heterocycles. The molecule has 224 valence electrons. The number of carbonyl (C=O) groups is 3. The highest BCUT2D eigenvalue weighted by molar-refractivity contribution is 6.02. The molecule has 0 bridgehead atoms. The lowest BCUT2D eigenvalue weighted by atomic mass is 9.75. The Morgan fingerprint density at radius 2 is 1.49 bits per heavy atom. The van der Waals surface area contributed by atoms with Crippen molar-refractivity contribution in [3.8, 4) is 0 Å². The Hall–Kier alpha value is -3.84. The zero-order valence-corrected chi connectivity index (χ0v) is 24.8. The summed E-state index contributed by atoms with van der Waals surface area (Å²) >= 11 is 0. The van der Waals surface area contributed by atoms with Gasteiger partial charge in [0, 0.05) is 43.6 Å². The number of hydrogen-bond donors (Lipinski definition) is 1. The summed E-state index contributed by atoms with van der Waals surface area (Å²) in [6.07, 6.45) is 4.61. The average Bonchev–Trinajstić information content (AvgIpc) is 3.41. The Morgan fingerprint density at radius 3 is 2.16 bits per heavy atom. The monoisotopic (exact) mass is 581 g/mol. The van der Waals surface area contributed by atoms with Crippen molar-refractivity contribution >= 4 is 17.6 Å². The summed E-state index contributed by atoms with van der Waals surface area (Å²) < 4.78 is 14.3. The molecular formula is C36H40FN3O3. The van der Waals surface area contributed by atoms with E-state index >= 15 is 0 Å². The predicted octanol–water partition coefficient (Wildman–Crippen LogP) is 5.68. The van der Waals surface area contributed by atoms with Crippen LogP contribution in [0.2, 0.25) is 0 Å². The smallest absolute Gasteiger partial charge is 0.246 e. The maximum absolute atomic E-state index is 14.8. The van der Waals surface area contributed by atoms with E-state index in [1.165, 1.54) is 12.1 Å². The molecule has 3 aromatic rings. The number of halogens is 1. The molecule has 1 N–H and O–H groups in total. The second-order valence-electron chi connectivity index (χ2n) is 12.3. The molecular weight excluding hydrogens is 541 g/mol. The van der Waals surface area contributed by atoms with Crippen molar-refractivity contribution < 1.29 is 18.8 Å². The van der Waals surface area contributed by atoms with Gasteiger partial charge in [-0.3, -0.25) is 14.4 Å². The van der Waals surface area contributed by atoms with E-state index in [0.717, 1.165) is 43.2 Å². The second kappa shape index (κ2) is 12.8. The van der Waals surface area contributed by atoms with E-state index in [9.17, 15) is 18.8 Å². The Labute approximate surface area is 253 Å². The fraction of sp³-hybridized carbons (Fsp3) is 0.417. The van der Waals surface area contributed by atoms with Crippen LogP contribution in [0.1, 0.15) is 71.1 Å². The molecule has 6 nitrogen and oxygen atoms in total. The highest BCUT2D eigenvalue weighted by Gasteiger charge is 2.58. The minimum atomic E-state index is -0.887. The van der Waals surface area contributed by atoms with Gasteiger partial charge in [-0.05, 0) is 49.1 Å². The molecule has 0 spiro atoms. The van der Waals surface area contributed by atoms with Gasteiger partial charge >= 0.3 is 0 Å². The molecule has 4 unspecified atom stereocenters. The van der Waals surface area contributed by atoms with Crippen LogP contribution in [0.3, 0.4) is 0 Å². The van der Waals surface area contributed by atoms with Crippen molar-refractivity contribution in [1.29, 1.82) is 0 Å². The predicted molar refractivity (Wildman–Crippen MR) is 164 cm³/mol. The number of amides is 2. The van der Waals surface area contributed by atoms with Gasteiger partial charge in [0.15, 0.2) is 5.78 Å². The minimum absolute atomic E-state index is 0.0475. The fourth-order valence-electron chi connectivity index (χ4n) is 7.48. The van der Waals surface area contributed by atoms with E-state index in [0.29, 0.717) is 37.3 Å². The second-order valence-corrected chi connectivity index (χ2v) is 12.3. The summed E-state index contributed by atoms with van der Waals surface area (Å²) in [6.45, 7) is 4.36. The number of hydrogen-bond acceptors (Lipinski definition) is 4. The van der Waals surface area contributed by atoms with Crippen LogP contribution in [0.25, 0.3) is 0 Å². The quantitative estimate of drug-likeness (QED) is 0.381. The molecule has 2 amide bonds.